The first-order chi connectivity index (χ1) is 7.62. The van der Waals surface area contributed by atoms with Gasteiger partial charge in [0, 0.05) is 5.69 Å². The summed E-state index contributed by atoms with van der Waals surface area (Å²) in [6, 6.07) is 1.67. The second kappa shape index (κ2) is 5.14. The summed E-state index contributed by atoms with van der Waals surface area (Å²) in [5, 5.41) is 2.60. The predicted molar refractivity (Wildman–Crippen MR) is 61.1 cm³/mol. The number of amides is 1. The van der Waals surface area contributed by atoms with Gasteiger partial charge in [-0.25, -0.2) is 4.98 Å². The molecule has 0 unspecified atom stereocenters. The second-order valence-electron chi connectivity index (χ2n) is 3.09. The van der Waals surface area contributed by atoms with Gasteiger partial charge in [-0.3, -0.25) is 4.79 Å². The molecule has 0 spiro atoms. The highest BCUT2D eigenvalue weighted by molar-refractivity contribution is 5.93. The van der Waals surface area contributed by atoms with Crippen molar-refractivity contribution in [3.63, 3.8) is 0 Å². The molecule has 1 aromatic rings. The number of ether oxygens (including phenoxy) is 1. The third kappa shape index (κ3) is 2.49. The molecule has 1 amide bonds. The number of hydrogen-bond donors (Lipinski definition) is 2. The molecule has 3 N–H and O–H groups in total. The number of hydrogen-bond acceptors (Lipinski definition) is 4. The minimum atomic E-state index is -0.316. The van der Waals surface area contributed by atoms with Gasteiger partial charge in [0.05, 0.1) is 19.3 Å². The number of nitrogens with one attached hydrogen (secondary N) is 1. The molecule has 0 bridgehead atoms. The Kier molecular flexibility index (Phi) is 3.86. The average Bonchev–Trinajstić information content (AvgIpc) is 2.28. The molecule has 84 valence electrons. The Morgan fingerprint density at radius 1 is 1.75 bits per heavy atom. The molecule has 0 saturated heterocycles. The topological polar surface area (TPSA) is 77.2 Å². The minimum absolute atomic E-state index is 0.103. The molecule has 1 aromatic heterocycles. The number of carbonyl (C=O) groups excluding carboxylic acids is 1. The second-order valence-corrected chi connectivity index (χ2v) is 3.09. The van der Waals surface area contributed by atoms with E-state index in [4.69, 9.17) is 16.9 Å². The molecular formula is C11H13N3O2. The molecular weight excluding hydrogens is 206 g/mol. The highest BCUT2D eigenvalue weighted by Gasteiger charge is 2.11. The van der Waals surface area contributed by atoms with Crippen LogP contribution in [-0.4, -0.2) is 24.5 Å². The molecule has 0 fully saturated rings. The van der Waals surface area contributed by atoms with Crippen LogP contribution in [0.3, 0.4) is 0 Å². The van der Waals surface area contributed by atoms with Crippen LogP contribution in [0.1, 0.15) is 11.3 Å². The van der Waals surface area contributed by atoms with Gasteiger partial charge >= 0.3 is 0 Å². The molecule has 16 heavy (non-hydrogen) atoms. The highest BCUT2D eigenvalue weighted by Crippen LogP contribution is 2.24. The SMILES string of the molecule is C#Cc1c(NC(=O)CN)cc(C)nc1OC. The Morgan fingerprint density at radius 2 is 2.44 bits per heavy atom. The van der Waals surface area contributed by atoms with E-state index in [2.05, 4.69) is 16.2 Å². The summed E-state index contributed by atoms with van der Waals surface area (Å²) in [7, 11) is 1.47. The van der Waals surface area contributed by atoms with Crippen molar-refractivity contribution in [1.29, 1.82) is 0 Å². The Hall–Kier alpha value is -2.06. The number of nitrogens with zero attached hydrogens (tertiary/aromatic N) is 1. The van der Waals surface area contributed by atoms with Crippen molar-refractivity contribution < 1.29 is 9.53 Å². The van der Waals surface area contributed by atoms with Crippen LogP contribution in [0.4, 0.5) is 5.69 Å². The summed E-state index contributed by atoms with van der Waals surface area (Å²) in [4.78, 5) is 15.3. The highest BCUT2D eigenvalue weighted by atomic mass is 16.5. The van der Waals surface area contributed by atoms with Crippen LogP contribution in [-0.2, 0) is 4.79 Å². The van der Waals surface area contributed by atoms with Gasteiger partial charge in [0.2, 0.25) is 11.8 Å². The molecule has 5 nitrogen and oxygen atoms in total. The number of terminal acetylenes is 1. The maximum Gasteiger partial charge on any atom is 0.238 e. The number of anilines is 1. The molecule has 0 atom stereocenters. The van der Waals surface area contributed by atoms with Gasteiger partial charge in [-0.15, -0.1) is 6.42 Å². The van der Waals surface area contributed by atoms with Gasteiger partial charge < -0.3 is 15.8 Å². The van der Waals surface area contributed by atoms with Gasteiger partial charge in [0.15, 0.2) is 0 Å². The van der Waals surface area contributed by atoms with E-state index in [0.29, 0.717) is 22.8 Å². The molecule has 1 rings (SSSR count). The fraction of sp³-hybridized carbons (Fsp3) is 0.273. The van der Waals surface area contributed by atoms with Crippen LogP contribution in [0.2, 0.25) is 0 Å². The standard InChI is InChI=1S/C11H13N3O2/c1-4-8-9(14-10(15)6-12)5-7(2)13-11(8)16-3/h1,5H,6,12H2,2-3H3,(H,13,14,15). The monoisotopic (exact) mass is 219 g/mol. The van der Waals surface area contributed by atoms with Crippen molar-refractivity contribution in [2.75, 3.05) is 19.0 Å². The lowest BCUT2D eigenvalue weighted by Gasteiger charge is -2.10. The maximum atomic E-state index is 11.2. The number of aromatic nitrogens is 1. The van der Waals surface area contributed by atoms with E-state index in [1.165, 1.54) is 7.11 Å². The molecule has 0 aliphatic carbocycles. The van der Waals surface area contributed by atoms with Gasteiger partial charge in [0.1, 0.15) is 5.56 Å². The van der Waals surface area contributed by atoms with E-state index in [-0.39, 0.29) is 12.5 Å². The Morgan fingerprint density at radius 3 is 2.94 bits per heavy atom. The average molecular weight is 219 g/mol. The van der Waals surface area contributed by atoms with Crippen LogP contribution in [0.5, 0.6) is 5.88 Å². The summed E-state index contributed by atoms with van der Waals surface area (Å²) in [5.74, 6) is 2.43. The van der Waals surface area contributed by atoms with Gasteiger partial charge in [-0.1, -0.05) is 5.92 Å². The minimum Gasteiger partial charge on any atom is -0.480 e. The number of aryl methyl sites for hydroxylation is 1. The van der Waals surface area contributed by atoms with Crippen LogP contribution in [0.25, 0.3) is 0 Å². The number of pyridine rings is 1. The molecule has 0 aromatic carbocycles. The first-order valence-electron chi connectivity index (χ1n) is 4.64. The zero-order valence-electron chi connectivity index (χ0n) is 9.20. The number of rotatable bonds is 3. The van der Waals surface area contributed by atoms with E-state index >= 15 is 0 Å². The zero-order chi connectivity index (χ0) is 12.1. The summed E-state index contributed by atoms with van der Waals surface area (Å²) < 4.78 is 5.04. The molecule has 0 saturated carbocycles. The number of nitrogens with two attached hydrogens (primary N) is 1. The predicted octanol–water partition coefficient (Wildman–Crippen LogP) is 0.277. The third-order valence-electron chi connectivity index (χ3n) is 1.91. The Labute approximate surface area is 94.0 Å². The van der Waals surface area contributed by atoms with Crippen LogP contribution >= 0.6 is 0 Å². The summed E-state index contributed by atoms with van der Waals surface area (Å²) in [6.07, 6.45) is 5.34. The summed E-state index contributed by atoms with van der Waals surface area (Å²) in [5.41, 5.74) is 6.81. The van der Waals surface area contributed by atoms with Crippen molar-refractivity contribution in [3.05, 3.63) is 17.3 Å². The van der Waals surface area contributed by atoms with Gasteiger partial charge in [-0.05, 0) is 13.0 Å². The molecule has 0 aliphatic heterocycles. The first kappa shape index (κ1) is 12.0. The molecule has 5 heteroatoms. The van der Waals surface area contributed by atoms with Crippen LogP contribution in [0, 0.1) is 19.3 Å². The Bertz CT molecular complexity index is 449. The van der Waals surface area contributed by atoms with Crippen molar-refractivity contribution in [3.8, 4) is 18.2 Å². The van der Waals surface area contributed by atoms with Crippen molar-refractivity contribution in [2.24, 2.45) is 5.73 Å². The van der Waals surface area contributed by atoms with Crippen molar-refractivity contribution in [2.45, 2.75) is 6.92 Å². The van der Waals surface area contributed by atoms with E-state index in [1.54, 1.807) is 13.0 Å². The van der Waals surface area contributed by atoms with Crippen LogP contribution in [0.15, 0.2) is 6.07 Å². The maximum absolute atomic E-state index is 11.2. The lowest BCUT2D eigenvalue weighted by Crippen LogP contribution is -2.22. The first-order valence-corrected chi connectivity index (χ1v) is 4.64. The smallest absolute Gasteiger partial charge is 0.238 e. The normalized spacial score (nSPS) is 9.38. The fourth-order valence-electron chi connectivity index (χ4n) is 1.23. The molecule has 0 radical (unpaired) electrons. The van der Waals surface area contributed by atoms with Crippen LogP contribution < -0.4 is 15.8 Å². The number of methoxy groups -OCH3 is 1. The molecule has 0 aliphatic rings. The lowest BCUT2D eigenvalue weighted by molar-refractivity contribution is -0.114. The van der Waals surface area contributed by atoms with Crippen molar-refractivity contribution >= 4 is 11.6 Å². The zero-order valence-corrected chi connectivity index (χ0v) is 9.20. The van der Waals surface area contributed by atoms with Crippen molar-refractivity contribution in [1.82, 2.24) is 4.98 Å². The number of carbonyl (C=O) groups is 1. The quantitative estimate of drug-likeness (QED) is 0.716. The van der Waals surface area contributed by atoms with E-state index in [1.807, 2.05) is 0 Å². The van der Waals surface area contributed by atoms with Gasteiger partial charge in [0.25, 0.3) is 0 Å². The largest absolute Gasteiger partial charge is 0.480 e. The summed E-state index contributed by atoms with van der Waals surface area (Å²) in [6.45, 7) is 1.68. The summed E-state index contributed by atoms with van der Waals surface area (Å²) >= 11 is 0. The van der Waals surface area contributed by atoms with E-state index in [0.717, 1.165) is 0 Å². The van der Waals surface area contributed by atoms with E-state index in [9.17, 15) is 4.79 Å². The fourth-order valence-corrected chi connectivity index (χ4v) is 1.23. The Balaban J connectivity index is 3.21. The molecule has 1 heterocycles. The lowest BCUT2D eigenvalue weighted by atomic mass is 10.2. The van der Waals surface area contributed by atoms with Gasteiger partial charge in [-0.2, -0.15) is 0 Å². The third-order valence-corrected chi connectivity index (χ3v) is 1.91. The van der Waals surface area contributed by atoms with E-state index < -0.39 is 0 Å².